The Morgan fingerprint density at radius 3 is 1.85 bits per heavy atom. The maximum absolute atomic E-state index is 12.2. The smallest absolute Gasteiger partial charge is 0.255 e. The summed E-state index contributed by atoms with van der Waals surface area (Å²) < 4.78 is 26.7. The van der Waals surface area contributed by atoms with E-state index in [1.165, 1.54) is 31.2 Å². The minimum Gasteiger partial charge on any atom is -0.326 e. The van der Waals surface area contributed by atoms with Gasteiger partial charge in [0.05, 0.1) is 4.90 Å². The highest BCUT2D eigenvalue weighted by Crippen LogP contribution is 2.16. The van der Waals surface area contributed by atoms with E-state index in [0.29, 0.717) is 16.9 Å². The van der Waals surface area contributed by atoms with Gasteiger partial charge >= 0.3 is 0 Å². The van der Waals surface area contributed by atoms with Crippen molar-refractivity contribution in [2.75, 3.05) is 10.6 Å². The number of hydrogen-bond donors (Lipinski definition) is 3. The second kappa shape index (κ2) is 8.11. The van der Waals surface area contributed by atoms with Crippen molar-refractivity contribution in [3.05, 3.63) is 54.1 Å². The molecule has 2 amide bonds. The van der Waals surface area contributed by atoms with Crippen LogP contribution in [0.25, 0.3) is 0 Å². The van der Waals surface area contributed by atoms with Gasteiger partial charge in [0.2, 0.25) is 15.9 Å². The van der Waals surface area contributed by atoms with Gasteiger partial charge in [-0.15, -0.1) is 0 Å². The molecule has 8 heteroatoms. The number of benzene rings is 2. The normalized spacial score (nSPS) is 11.2. The summed E-state index contributed by atoms with van der Waals surface area (Å²) in [7, 11) is -3.57. The Bertz CT molecular complexity index is 889. The molecule has 0 aromatic heterocycles. The molecule has 0 atom stereocenters. The van der Waals surface area contributed by atoms with Crippen LogP contribution in [0.3, 0.4) is 0 Å². The van der Waals surface area contributed by atoms with Crippen molar-refractivity contribution >= 4 is 33.2 Å². The summed E-state index contributed by atoms with van der Waals surface area (Å²) in [5, 5.41) is 5.32. The Hall–Kier alpha value is -2.71. The fourth-order valence-corrected chi connectivity index (χ4v) is 3.46. The molecule has 0 aliphatic carbocycles. The molecule has 0 aliphatic heterocycles. The summed E-state index contributed by atoms with van der Waals surface area (Å²) in [6.45, 7) is 4.88. The molecule has 0 saturated heterocycles. The molecule has 138 valence electrons. The first kappa shape index (κ1) is 19.6. The minimum absolute atomic E-state index is 0.129. The molecule has 0 saturated carbocycles. The average molecular weight is 375 g/mol. The molecule has 7 nitrogen and oxygen atoms in total. The molecule has 0 heterocycles. The molecule has 0 radical (unpaired) electrons. The Morgan fingerprint density at radius 2 is 1.35 bits per heavy atom. The molecule has 3 N–H and O–H groups in total. The van der Waals surface area contributed by atoms with Crippen molar-refractivity contribution in [1.29, 1.82) is 0 Å². The summed E-state index contributed by atoms with van der Waals surface area (Å²) in [6, 6.07) is 12.1. The Labute approximate surface area is 152 Å². The van der Waals surface area contributed by atoms with Gasteiger partial charge in [-0.2, -0.15) is 0 Å². The summed E-state index contributed by atoms with van der Waals surface area (Å²) >= 11 is 0. The summed E-state index contributed by atoms with van der Waals surface area (Å²) in [5.41, 5.74) is 1.49. The molecular formula is C18H21N3O4S. The number of hydrogen-bond acceptors (Lipinski definition) is 4. The fourth-order valence-electron chi connectivity index (χ4n) is 2.21. The second-order valence-corrected chi connectivity index (χ2v) is 7.73. The molecule has 0 bridgehead atoms. The number of nitrogens with one attached hydrogen (secondary N) is 3. The van der Waals surface area contributed by atoms with E-state index in [1.807, 2.05) is 0 Å². The van der Waals surface area contributed by atoms with Crippen molar-refractivity contribution < 1.29 is 18.0 Å². The minimum atomic E-state index is -3.57. The highest BCUT2D eigenvalue weighted by molar-refractivity contribution is 7.89. The van der Waals surface area contributed by atoms with E-state index in [9.17, 15) is 18.0 Å². The lowest BCUT2D eigenvalue weighted by Crippen LogP contribution is -2.30. The van der Waals surface area contributed by atoms with Gasteiger partial charge in [0.25, 0.3) is 5.91 Å². The number of amides is 2. The molecule has 0 aliphatic rings. The molecule has 0 unspecified atom stereocenters. The fraction of sp³-hybridized carbons (Fsp3) is 0.222. The predicted molar refractivity (Wildman–Crippen MR) is 101 cm³/mol. The number of rotatable bonds is 6. The topological polar surface area (TPSA) is 104 Å². The van der Waals surface area contributed by atoms with Crippen LogP contribution >= 0.6 is 0 Å². The number of carbonyl (C=O) groups is 2. The van der Waals surface area contributed by atoms with Crippen LogP contribution < -0.4 is 15.4 Å². The monoisotopic (exact) mass is 375 g/mol. The zero-order valence-corrected chi connectivity index (χ0v) is 15.6. The maximum atomic E-state index is 12.2. The van der Waals surface area contributed by atoms with E-state index < -0.39 is 10.0 Å². The standard InChI is InChI=1S/C18H21N3O4S/c1-12(2)21-26(24,25)17-10-8-16(9-11-17)20-18(23)14-4-6-15(7-5-14)19-13(3)22/h4-12,21H,1-3H3,(H,19,22)(H,20,23). The van der Waals surface area contributed by atoms with Crippen LogP contribution in [0.4, 0.5) is 11.4 Å². The maximum Gasteiger partial charge on any atom is 0.255 e. The van der Waals surface area contributed by atoms with Crippen molar-refractivity contribution in [1.82, 2.24) is 4.72 Å². The number of carbonyl (C=O) groups excluding carboxylic acids is 2. The molecule has 0 fully saturated rings. The highest BCUT2D eigenvalue weighted by atomic mass is 32.2. The van der Waals surface area contributed by atoms with Crippen LogP contribution in [0.5, 0.6) is 0 Å². The van der Waals surface area contributed by atoms with E-state index in [2.05, 4.69) is 15.4 Å². The van der Waals surface area contributed by atoms with Gasteiger partial charge in [-0.05, 0) is 62.4 Å². The quantitative estimate of drug-likeness (QED) is 0.722. The van der Waals surface area contributed by atoms with Gasteiger partial charge in [-0.1, -0.05) is 0 Å². The van der Waals surface area contributed by atoms with Gasteiger partial charge in [-0.25, -0.2) is 13.1 Å². The molecule has 2 rings (SSSR count). The van der Waals surface area contributed by atoms with Crippen LogP contribution in [0.15, 0.2) is 53.4 Å². The van der Waals surface area contributed by atoms with Gasteiger partial charge < -0.3 is 10.6 Å². The lowest BCUT2D eigenvalue weighted by atomic mass is 10.2. The van der Waals surface area contributed by atoms with E-state index in [4.69, 9.17) is 0 Å². The van der Waals surface area contributed by atoms with Crippen molar-refractivity contribution in [3.8, 4) is 0 Å². The van der Waals surface area contributed by atoms with E-state index in [0.717, 1.165) is 0 Å². The zero-order valence-electron chi connectivity index (χ0n) is 14.7. The van der Waals surface area contributed by atoms with Crippen LogP contribution in [-0.4, -0.2) is 26.3 Å². The van der Waals surface area contributed by atoms with Crippen LogP contribution in [0, 0.1) is 0 Å². The van der Waals surface area contributed by atoms with Gasteiger partial charge in [-0.3, -0.25) is 9.59 Å². The summed E-state index contributed by atoms with van der Waals surface area (Å²) in [6.07, 6.45) is 0. The van der Waals surface area contributed by atoms with E-state index in [-0.39, 0.29) is 22.8 Å². The summed E-state index contributed by atoms with van der Waals surface area (Å²) in [4.78, 5) is 23.4. The van der Waals surface area contributed by atoms with Gasteiger partial charge in [0, 0.05) is 29.9 Å². The number of sulfonamides is 1. The van der Waals surface area contributed by atoms with Gasteiger partial charge in [0.15, 0.2) is 0 Å². The Morgan fingerprint density at radius 1 is 0.846 bits per heavy atom. The zero-order chi connectivity index (χ0) is 19.3. The van der Waals surface area contributed by atoms with Crippen molar-refractivity contribution in [2.24, 2.45) is 0 Å². The first-order chi connectivity index (χ1) is 12.2. The van der Waals surface area contributed by atoms with Gasteiger partial charge in [0.1, 0.15) is 0 Å². The molecule has 0 spiro atoms. The lowest BCUT2D eigenvalue weighted by molar-refractivity contribution is -0.114. The van der Waals surface area contributed by atoms with Crippen molar-refractivity contribution in [2.45, 2.75) is 31.7 Å². The molecule has 2 aromatic carbocycles. The first-order valence-electron chi connectivity index (χ1n) is 7.99. The second-order valence-electron chi connectivity index (χ2n) is 6.01. The Balaban J connectivity index is 2.06. The number of anilines is 2. The molecule has 2 aromatic rings. The predicted octanol–water partition coefficient (Wildman–Crippen LogP) is 2.58. The summed E-state index contributed by atoms with van der Waals surface area (Å²) in [5.74, 6) is -0.528. The molecular weight excluding hydrogens is 354 g/mol. The third-order valence-corrected chi connectivity index (χ3v) is 4.96. The first-order valence-corrected chi connectivity index (χ1v) is 9.47. The lowest BCUT2D eigenvalue weighted by Gasteiger charge is -2.10. The third kappa shape index (κ3) is 5.40. The van der Waals surface area contributed by atoms with E-state index in [1.54, 1.807) is 38.1 Å². The third-order valence-electron chi connectivity index (χ3n) is 3.28. The van der Waals surface area contributed by atoms with Crippen LogP contribution in [-0.2, 0) is 14.8 Å². The van der Waals surface area contributed by atoms with Crippen molar-refractivity contribution in [3.63, 3.8) is 0 Å². The average Bonchev–Trinajstić information content (AvgIpc) is 2.54. The SMILES string of the molecule is CC(=O)Nc1ccc(C(=O)Nc2ccc(S(=O)(=O)NC(C)C)cc2)cc1. The Kier molecular flexibility index (Phi) is 6.12. The van der Waals surface area contributed by atoms with E-state index >= 15 is 0 Å². The largest absolute Gasteiger partial charge is 0.326 e. The molecule has 26 heavy (non-hydrogen) atoms. The van der Waals surface area contributed by atoms with Crippen LogP contribution in [0.1, 0.15) is 31.1 Å². The van der Waals surface area contributed by atoms with Crippen LogP contribution in [0.2, 0.25) is 0 Å². The highest BCUT2D eigenvalue weighted by Gasteiger charge is 2.15.